The second kappa shape index (κ2) is 6.20. The van der Waals surface area contributed by atoms with Crippen LogP contribution in [0.15, 0.2) is 12.1 Å². The van der Waals surface area contributed by atoms with Crippen molar-refractivity contribution in [2.24, 2.45) is 0 Å². The Hall–Kier alpha value is -1.62. The van der Waals surface area contributed by atoms with Crippen molar-refractivity contribution in [1.29, 1.82) is 0 Å². The molecule has 1 aromatic rings. The highest BCUT2D eigenvalue weighted by Gasteiger charge is 2.14. The van der Waals surface area contributed by atoms with Gasteiger partial charge in [-0.25, -0.2) is 0 Å². The Labute approximate surface area is 101 Å². The van der Waals surface area contributed by atoms with E-state index in [0.29, 0.717) is 17.9 Å². The zero-order valence-corrected chi connectivity index (χ0v) is 10.4. The largest absolute Gasteiger partial charge is 0.492 e. The minimum Gasteiger partial charge on any atom is -0.492 e. The van der Waals surface area contributed by atoms with Gasteiger partial charge in [-0.15, -0.1) is 0 Å². The van der Waals surface area contributed by atoms with Gasteiger partial charge in [-0.3, -0.25) is 10.1 Å². The molecule has 0 saturated heterocycles. The molecule has 0 bridgehead atoms. The van der Waals surface area contributed by atoms with Crippen LogP contribution in [-0.2, 0) is 0 Å². The van der Waals surface area contributed by atoms with Crippen LogP contribution < -0.4 is 10.1 Å². The standard InChI is InChI=1S/C12H18N2O3/c1-4-13-5-6-17-12-8-11(14(15)16)9(2)7-10(12)3/h7-8,13H,4-6H2,1-3H3. The first kappa shape index (κ1) is 13.4. The summed E-state index contributed by atoms with van der Waals surface area (Å²) >= 11 is 0. The molecule has 0 heterocycles. The molecule has 0 fully saturated rings. The summed E-state index contributed by atoms with van der Waals surface area (Å²) in [5.41, 5.74) is 1.69. The Bertz CT molecular complexity index is 405. The highest BCUT2D eigenvalue weighted by atomic mass is 16.6. The predicted octanol–water partition coefficient (Wildman–Crippen LogP) is 2.20. The minimum atomic E-state index is -0.383. The van der Waals surface area contributed by atoms with Gasteiger partial charge >= 0.3 is 0 Å². The third kappa shape index (κ3) is 3.71. The van der Waals surface area contributed by atoms with Gasteiger partial charge in [0.05, 0.1) is 11.0 Å². The van der Waals surface area contributed by atoms with Gasteiger partial charge in [0.15, 0.2) is 0 Å². The first-order chi connectivity index (χ1) is 8.06. The van der Waals surface area contributed by atoms with Crippen molar-refractivity contribution in [3.05, 3.63) is 33.4 Å². The second-order valence-corrected chi connectivity index (χ2v) is 3.86. The molecule has 0 saturated carbocycles. The Balaban J connectivity index is 2.77. The Morgan fingerprint density at radius 2 is 2.06 bits per heavy atom. The minimum absolute atomic E-state index is 0.106. The number of ether oxygens (including phenoxy) is 1. The Morgan fingerprint density at radius 3 is 2.65 bits per heavy atom. The molecule has 1 N–H and O–H groups in total. The first-order valence-electron chi connectivity index (χ1n) is 5.65. The third-order valence-electron chi connectivity index (χ3n) is 2.48. The lowest BCUT2D eigenvalue weighted by molar-refractivity contribution is -0.385. The molecule has 0 radical (unpaired) electrons. The number of aryl methyl sites for hydroxylation is 2. The van der Waals surface area contributed by atoms with Gasteiger partial charge in [-0.05, 0) is 32.0 Å². The summed E-state index contributed by atoms with van der Waals surface area (Å²) in [4.78, 5) is 10.4. The molecule has 0 aliphatic carbocycles. The van der Waals surface area contributed by atoms with Crippen LogP contribution in [0.1, 0.15) is 18.1 Å². The normalized spacial score (nSPS) is 10.3. The van der Waals surface area contributed by atoms with Gasteiger partial charge in [-0.2, -0.15) is 0 Å². The summed E-state index contributed by atoms with van der Waals surface area (Å²) in [5.74, 6) is 0.584. The smallest absolute Gasteiger partial charge is 0.276 e. The predicted molar refractivity (Wildman–Crippen MR) is 66.6 cm³/mol. The van der Waals surface area contributed by atoms with Crippen molar-refractivity contribution >= 4 is 5.69 Å². The molecule has 17 heavy (non-hydrogen) atoms. The first-order valence-corrected chi connectivity index (χ1v) is 5.65. The van der Waals surface area contributed by atoms with E-state index in [0.717, 1.165) is 18.7 Å². The van der Waals surface area contributed by atoms with E-state index in [1.54, 1.807) is 13.0 Å². The number of benzene rings is 1. The molecular weight excluding hydrogens is 220 g/mol. The van der Waals surface area contributed by atoms with E-state index in [4.69, 9.17) is 4.74 Å². The zero-order valence-electron chi connectivity index (χ0n) is 10.4. The van der Waals surface area contributed by atoms with E-state index < -0.39 is 0 Å². The molecule has 1 aromatic carbocycles. The van der Waals surface area contributed by atoms with Crippen molar-refractivity contribution in [2.45, 2.75) is 20.8 Å². The molecule has 5 nitrogen and oxygen atoms in total. The molecule has 5 heteroatoms. The lowest BCUT2D eigenvalue weighted by Gasteiger charge is -2.10. The summed E-state index contributed by atoms with van der Waals surface area (Å²) in [5, 5.41) is 13.9. The van der Waals surface area contributed by atoms with Crippen LogP contribution in [0.25, 0.3) is 0 Å². The van der Waals surface area contributed by atoms with E-state index in [9.17, 15) is 10.1 Å². The molecule has 0 aliphatic rings. The van der Waals surface area contributed by atoms with Gasteiger partial charge in [0.25, 0.3) is 5.69 Å². The van der Waals surface area contributed by atoms with Gasteiger partial charge in [0, 0.05) is 12.1 Å². The van der Waals surface area contributed by atoms with Crippen LogP contribution in [0.4, 0.5) is 5.69 Å². The van der Waals surface area contributed by atoms with E-state index in [1.165, 1.54) is 6.07 Å². The number of rotatable bonds is 6. The van der Waals surface area contributed by atoms with Gasteiger partial charge in [-0.1, -0.05) is 6.92 Å². The number of nitro benzene ring substituents is 1. The average molecular weight is 238 g/mol. The Morgan fingerprint density at radius 1 is 1.35 bits per heavy atom. The van der Waals surface area contributed by atoms with E-state index in [1.807, 2.05) is 13.8 Å². The Kier molecular flexibility index (Phi) is 4.90. The molecule has 1 rings (SSSR count). The number of hydrogen-bond acceptors (Lipinski definition) is 4. The van der Waals surface area contributed by atoms with Crippen molar-refractivity contribution in [1.82, 2.24) is 5.32 Å². The highest BCUT2D eigenvalue weighted by molar-refractivity contribution is 5.49. The molecule has 0 aliphatic heterocycles. The fourth-order valence-corrected chi connectivity index (χ4v) is 1.58. The van der Waals surface area contributed by atoms with E-state index in [2.05, 4.69) is 5.32 Å². The molecular formula is C12H18N2O3. The molecule has 0 aromatic heterocycles. The second-order valence-electron chi connectivity index (χ2n) is 3.86. The van der Waals surface area contributed by atoms with E-state index in [-0.39, 0.29) is 10.6 Å². The van der Waals surface area contributed by atoms with Crippen LogP contribution in [-0.4, -0.2) is 24.6 Å². The van der Waals surface area contributed by atoms with Gasteiger partial charge in [0.2, 0.25) is 0 Å². The fourth-order valence-electron chi connectivity index (χ4n) is 1.58. The van der Waals surface area contributed by atoms with Crippen LogP contribution in [0.2, 0.25) is 0 Å². The van der Waals surface area contributed by atoms with Crippen molar-refractivity contribution in [3.8, 4) is 5.75 Å². The zero-order chi connectivity index (χ0) is 12.8. The quantitative estimate of drug-likeness (QED) is 0.469. The van der Waals surface area contributed by atoms with Crippen molar-refractivity contribution in [3.63, 3.8) is 0 Å². The lowest BCUT2D eigenvalue weighted by Crippen LogP contribution is -2.20. The SMILES string of the molecule is CCNCCOc1cc([N+](=O)[O-])c(C)cc1C. The maximum atomic E-state index is 10.8. The lowest BCUT2D eigenvalue weighted by atomic mass is 10.1. The van der Waals surface area contributed by atoms with Crippen molar-refractivity contribution in [2.75, 3.05) is 19.7 Å². The fraction of sp³-hybridized carbons (Fsp3) is 0.500. The molecule has 0 unspecified atom stereocenters. The molecule has 0 atom stereocenters. The average Bonchev–Trinajstić information content (AvgIpc) is 2.26. The third-order valence-corrected chi connectivity index (χ3v) is 2.48. The summed E-state index contributed by atoms with van der Waals surface area (Å²) in [7, 11) is 0. The van der Waals surface area contributed by atoms with Crippen molar-refractivity contribution < 1.29 is 9.66 Å². The van der Waals surface area contributed by atoms with Gasteiger partial charge < -0.3 is 10.1 Å². The molecule has 94 valence electrons. The van der Waals surface area contributed by atoms with Crippen LogP contribution >= 0.6 is 0 Å². The summed E-state index contributed by atoms with van der Waals surface area (Å²) in [6.07, 6.45) is 0. The number of nitrogens with zero attached hydrogens (tertiary/aromatic N) is 1. The summed E-state index contributed by atoms with van der Waals surface area (Å²) in [6.45, 7) is 7.76. The topological polar surface area (TPSA) is 64.4 Å². The number of nitro groups is 1. The number of likely N-dealkylation sites (N-methyl/N-ethyl adjacent to an activating group) is 1. The van der Waals surface area contributed by atoms with Crippen LogP contribution in [0, 0.1) is 24.0 Å². The van der Waals surface area contributed by atoms with Gasteiger partial charge in [0.1, 0.15) is 12.4 Å². The molecule has 0 spiro atoms. The monoisotopic (exact) mass is 238 g/mol. The highest BCUT2D eigenvalue weighted by Crippen LogP contribution is 2.27. The number of hydrogen-bond donors (Lipinski definition) is 1. The van der Waals surface area contributed by atoms with E-state index >= 15 is 0 Å². The number of nitrogens with one attached hydrogen (secondary N) is 1. The summed E-state index contributed by atoms with van der Waals surface area (Å²) in [6, 6.07) is 3.28. The maximum absolute atomic E-state index is 10.8. The molecule has 0 amide bonds. The summed E-state index contributed by atoms with van der Waals surface area (Å²) < 4.78 is 5.52. The maximum Gasteiger partial charge on any atom is 0.276 e. The van der Waals surface area contributed by atoms with Crippen LogP contribution in [0.3, 0.4) is 0 Å². The van der Waals surface area contributed by atoms with Crippen LogP contribution in [0.5, 0.6) is 5.75 Å².